The third-order valence-electron chi connectivity index (χ3n) is 8.33. The van der Waals surface area contributed by atoms with Gasteiger partial charge in [0.1, 0.15) is 0 Å². The zero-order chi connectivity index (χ0) is 18.2. The smallest absolute Gasteiger partial charge is 0.0233 e. The quantitative estimate of drug-likeness (QED) is 0.402. The fourth-order valence-corrected chi connectivity index (χ4v) is 6.21. The van der Waals surface area contributed by atoms with Crippen molar-refractivity contribution in [3.05, 3.63) is 24.8 Å². The minimum Gasteiger partial charge on any atom is -0.103 e. The molecular formula is C26H44. The highest BCUT2D eigenvalue weighted by Crippen LogP contribution is 2.42. The Labute approximate surface area is 163 Å². The van der Waals surface area contributed by atoms with E-state index in [0.29, 0.717) is 0 Å². The van der Waals surface area contributed by atoms with Crippen LogP contribution >= 0.6 is 0 Å². The molecule has 0 saturated heterocycles. The Morgan fingerprint density at radius 2 is 1.23 bits per heavy atom. The average molecular weight is 357 g/mol. The lowest BCUT2D eigenvalue weighted by molar-refractivity contribution is 0.154. The zero-order valence-corrected chi connectivity index (χ0v) is 17.5. The molecule has 26 heavy (non-hydrogen) atoms. The summed E-state index contributed by atoms with van der Waals surface area (Å²) >= 11 is 0. The third-order valence-corrected chi connectivity index (χ3v) is 8.33. The number of allylic oxidation sites excluding steroid dienone is 3. The van der Waals surface area contributed by atoms with Crippen LogP contribution in [-0.4, -0.2) is 0 Å². The van der Waals surface area contributed by atoms with Crippen LogP contribution in [0.3, 0.4) is 0 Å². The van der Waals surface area contributed by atoms with E-state index in [1.165, 1.54) is 96.3 Å². The van der Waals surface area contributed by atoms with Gasteiger partial charge in [0.15, 0.2) is 0 Å². The molecule has 0 unspecified atom stereocenters. The molecule has 3 aliphatic carbocycles. The lowest BCUT2D eigenvalue weighted by Gasteiger charge is -2.37. The molecule has 0 aromatic carbocycles. The van der Waals surface area contributed by atoms with Gasteiger partial charge in [0.25, 0.3) is 0 Å². The predicted octanol–water partition coefficient (Wildman–Crippen LogP) is 8.34. The molecule has 0 heterocycles. The maximum Gasteiger partial charge on any atom is -0.0233 e. The van der Waals surface area contributed by atoms with Crippen LogP contribution in [0, 0.1) is 35.5 Å². The molecule has 148 valence electrons. The minimum atomic E-state index is 0.814. The van der Waals surface area contributed by atoms with Gasteiger partial charge in [-0.1, -0.05) is 44.4 Å². The van der Waals surface area contributed by atoms with Gasteiger partial charge >= 0.3 is 0 Å². The normalized spacial score (nSPS) is 39.1. The van der Waals surface area contributed by atoms with Crippen molar-refractivity contribution in [3.63, 3.8) is 0 Å². The second kappa shape index (κ2) is 10.7. The number of rotatable bonds is 7. The van der Waals surface area contributed by atoms with Crippen molar-refractivity contribution in [2.24, 2.45) is 35.5 Å². The molecule has 3 fully saturated rings. The van der Waals surface area contributed by atoms with Gasteiger partial charge in [0, 0.05) is 0 Å². The summed E-state index contributed by atoms with van der Waals surface area (Å²) < 4.78 is 0. The Morgan fingerprint density at radius 3 is 1.81 bits per heavy atom. The van der Waals surface area contributed by atoms with Gasteiger partial charge in [-0.15, -0.1) is 6.58 Å². The maximum atomic E-state index is 3.97. The lowest BCUT2D eigenvalue weighted by Crippen LogP contribution is -2.25. The third kappa shape index (κ3) is 6.00. The molecule has 3 saturated carbocycles. The molecule has 0 spiro atoms. The topological polar surface area (TPSA) is 0 Å². The lowest BCUT2D eigenvalue weighted by atomic mass is 9.69. The molecule has 0 radical (unpaired) electrons. The minimum absolute atomic E-state index is 0.814. The van der Waals surface area contributed by atoms with Crippen molar-refractivity contribution in [1.82, 2.24) is 0 Å². The highest BCUT2D eigenvalue weighted by Gasteiger charge is 2.29. The largest absolute Gasteiger partial charge is 0.103 e. The van der Waals surface area contributed by atoms with E-state index in [-0.39, 0.29) is 0 Å². The summed E-state index contributed by atoms with van der Waals surface area (Å²) in [7, 11) is 0. The van der Waals surface area contributed by atoms with Crippen LogP contribution < -0.4 is 0 Å². The standard InChI is InChI=1S/C26H44/c1-3-21-9-11-23(12-10-21)7-5-6-8-24-15-19-26(20-16-24)25-17-13-22(4-2)14-18-25/h3,6,8,21-26H,1,4-5,7,9-20H2,2H3/b8-6+/t21-,22-,23-,24?,25-,26?. The molecule has 0 nitrogen and oxygen atoms in total. The van der Waals surface area contributed by atoms with E-state index in [1.54, 1.807) is 0 Å². The first-order chi connectivity index (χ1) is 12.8. The summed E-state index contributed by atoms with van der Waals surface area (Å²) in [6.07, 6.45) is 29.2. The van der Waals surface area contributed by atoms with Crippen LogP contribution in [0.5, 0.6) is 0 Å². The molecule has 3 rings (SSSR count). The fourth-order valence-electron chi connectivity index (χ4n) is 6.21. The molecule has 0 aromatic rings. The van der Waals surface area contributed by atoms with Crippen LogP contribution in [0.1, 0.15) is 103 Å². The fraction of sp³-hybridized carbons (Fsp3) is 0.846. The summed E-state index contributed by atoms with van der Waals surface area (Å²) in [6.45, 7) is 6.35. The summed E-state index contributed by atoms with van der Waals surface area (Å²) in [4.78, 5) is 0. The Morgan fingerprint density at radius 1 is 0.692 bits per heavy atom. The number of hydrogen-bond acceptors (Lipinski definition) is 0. The van der Waals surface area contributed by atoms with Gasteiger partial charge in [0.2, 0.25) is 0 Å². The van der Waals surface area contributed by atoms with Crippen LogP contribution in [0.15, 0.2) is 24.8 Å². The van der Waals surface area contributed by atoms with Crippen molar-refractivity contribution >= 4 is 0 Å². The van der Waals surface area contributed by atoms with E-state index in [1.807, 2.05) is 0 Å². The van der Waals surface area contributed by atoms with E-state index in [0.717, 1.165) is 35.5 Å². The second-order valence-corrected chi connectivity index (χ2v) is 9.89. The van der Waals surface area contributed by atoms with Gasteiger partial charge in [0.05, 0.1) is 0 Å². The molecule has 0 atom stereocenters. The second-order valence-electron chi connectivity index (χ2n) is 9.89. The average Bonchev–Trinajstić information content (AvgIpc) is 2.72. The SMILES string of the molecule is C=C[C@H]1CC[C@H](CC/C=C/C2CCC([C@H]3CC[C@H](CC)CC3)CC2)CC1. The van der Waals surface area contributed by atoms with Gasteiger partial charge in [-0.25, -0.2) is 0 Å². The highest BCUT2D eigenvalue weighted by molar-refractivity contribution is 4.93. The van der Waals surface area contributed by atoms with Crippen molar-refractivity contribution in [2.45, 2.75) is 103 Å². The van der Waals surface area contributed by atoms with E-state index >= 15 is 0 Å². The van der Waals surface area contributed by atoms with Crippen molar-refractivity contribution in [3.8, 4) is 0 Å². The highest BCUT2D eigenvalue weighted by atomic mass is 14.3. The number of hydrogen-bond donors (Lipinski definition) is 0. The molecule has 3 aliphatic rings. The van der Waals surface area contributed by atoms with Crippen molar-refractivity contribution in [1.29, 1.82) is 0 Å². The van der Waals surface area contributed by atoms with E-state index in [2.05, 4.69) is 31.7 Å². The molecule has 0 aliphatic heterocycles. The summed E-state index contributed by atoms with van der Waals surface area (Å²) in [5.41, 5.74) is 0. The van der Waals surface area contributed by atoms with E-state index in [9.17, 15) is 0 Å². The van der Waals surface area contributed by atoms with Gasteiger partial charge in [-0.05, 0) is 113 Å². The van der Waals surface area contributed by atoms with Crippen LogP contribution in [-0.2, 0) is 0 Å². The first-order valence-electron chi connectivity index (χ1n) is 12.1. The monoisotopic (exact) mass is 356 g/mol. The molecular weight excluding hydrogens is 312 g/mol. The first kappa shape index (κ1) is 20.2. The van der Waals surface area contributed by atoms with Crippen LogP contribution in [0.25, 0.3) is 0 Å². The zero-order valence-electron chi connectivity index (χ0n) is 17.5. The van der Waals surface area contributed by atoms with E-state index < -0.39 is 0 Å². The summed E-state index contributed by atoms with van der Waals surface area (Å²) in [5, 5.41) is 0. The Bertz CT molecular complexity index is 409. The Kier molecular flexibility index (Phi) is 8.34. The maximum absolute atomic E-state index is 3.97. The van der Waals surface area contributed by atoms with Gasteiger partial charge in [-0.3, -0.25) is 0 Å². The predicted molar refractivity (Wildman–Crippen MR) is 115 cm³/mol. The van der Waals surface area contributed by atoms with Gasteiger partial charge in [-0.2, -0.15) is 0 Å². The first-order valence-corrected chi connectivity index (χ1v) is 12.1. The summed E-state index contributed by atoms with van der Waals surface area (Å²) in [6, 6.07) is 0. The van der Waals surface area contributed by atoms with Crippen LogP contribution in [0.4, 0.5) is 0 Å². The summed E-state index contributed by atoms with van der Waals surface area (Å²) in [5.74, 6) is 5.90. The van der Waals surface area contributed by atoms with Crippen molar-refractivity contribution in [2.75, 3.05) is 0 Å². The Balaban J connectivity index is 1.28. The molecule has 0 aromatic heterocycles. The molecule has 0 bridgehead atoms. The van der Waals surface area contributed by atoms with Crippen molar-refractivity contribution < 1.29 is 0 Å². The molecule has 0 N–H and O–H groups in total. The van der Waals surface area contributed by atoms with Gasteiger partial charge < -0.3 is 0 Å². The molecule has 0 amide bonds. The van der Waals surface area contributed by atoms with Crippen LogP contribution in [0.2, 0.25) is 0 Å². The van der Waals surface area contributed by atoms with E-state index in [4.69, 9.17) is 0 Å². The molecule has 0 heteroatoms. The Hall–Kier alpha value is -0.520.